The van der Waals surface area contributed by atoms with Crippen LogP contribution in [0.3, 0.4) is 0 Å². The summed E-state index contributed by atoms with van der Waals surface area (Å²) < 4.78 is 0. The topological polar surface area (TPSA) is 227 Å². The van der Waals surface area contributed by atoms with E-state index in [-0.39, 0.29) is 18.6 Å². The van der Waals surface area contributed by atoms with Crippen molar-refractivity contribution in [1.29, 1.82) is 0 Å². The van der Waals surface area contributed by atoms with Crippen LogP contribution in [0.25, 0.3) is 10.9 Å². The molecule has 0 radical (unpaired) electrons. The summed E-state index contributed by atoms with van der Waals surface area (Å²) in [5, 5.41) is 46.6. The molecule has 13 heteroatoms. The Bertz CT molecular complexity index is 1340. The molecule has 0 aliphatic heterocycles. The lowest BCUT2D eigenvalue weighted by Crippen LogP contribution is -2.60. The second kappa shape index (κ2) is 13.6. The van der Waals surface area contributed by atoms with Crippen molar-refractivity contribution in [2.75, 3.05) is 6.61 Å². The van der Waals surface area contributed by atoms with Crippen LogP contribution in [0.2, 0.25) is 0 Å². The first-order valence-corrected chi connectivity index (χ1v) is 12.5. The number of phenols is 1. The van der Waals surface area contributed by atoms with Gasteiger partial charge in [0.1, 0.15) is 23.9 Å². The number of phenolic OH excluding ortho intramolecular Hbond substituents is 1. The average Bonchev–Trinajstić information content (AvgIpc) is 3.33. The van der Waals surface area contributed by atoms with Crippen LogP contribution < -0.4 is 21.7 Å². The lowest BCUT2D eigenvalue weighted by Gasteiger charge is -2.26. The van der Waals surface area contributed by atoms with Gasteiger partial charge in [-0.2, -0.15) is 0 Å². The van der Waals surface area contributed by atoms with Gasteiger partial charge >= 0.3 is 5.97 Å². The van der Waals surface area contributed by atoms with Gasteiger partial charge in [0, 0.05) is 23.5 Å². The number of nitrogens with two attached hydrogens (primary N) is 1. The molecular formula is C27H33N5O8. The maximum absolute atomic E-state index is 12.8. The molecule has 0 spiro atoms. The van der Waals surface area contributed by atoms with Gasteiger partial charge in [0.15, 0.2) is 0 Å². The van der Waals surface area contributed by atoms with E-state index in [0.29, 0.717) is 5.56 Å². The fourth-order valence-electron chi connectivity index (χ4n) is 4.09. The SMILES string of the molecule is CC(O)C(NC(=O)C(CO)NC(=O)C(N)Cc1c[nH]c2ccccc12)C(=O)NC(Cc1ccc(O)cc1)C(=O)O. The summed E-state index contributed by atoms with van der Waals surface area (Å²) in [5.41, 5.74) is 8.21. The van der Waals surface area contributed by atoms with E-state index >= 15 is 0 Å². The van der Waals surface area contributed by atoms with E-state index in [0.717, 1.165) is 16.5 Å². The minimum Gasteiger partial charge on any atom is -0.508 e. The number of aliphatic hydroxyl groups excluding tert-OH is 2. The number of carbonyl (C=O) groups is 4. The maximum atomic E-state index is 12.8. The Morgan fingerprint density at radius 1 is 0.900 bits per heavy atom. The zero-order chi connectivity index (χ0) is 29.4. The molecule has 0 saturated heterocycles. The number of aromatic amines is 1. The Morgan fingerprint density at radius 3 is 2.17 bits per heavy atom. The number of amides is 3. The third kappa shape index (κ3) is 7.79. The number of carbonyl (C=O) groups excluding carboxylic acids is 3. The number of carboxylic acids is 1. The summed E-state index contributed by atoms with van der Waals surface area (Å²) in [6, 6.07) is 7.59. The molecule has 0 bridgehead atoms. The standard InChI is InChI=1S/C27H33N5O8/c1-14(34)23(26(38)30-21(27(39)40)10-15-6-8-17(35)9-7-15)32-25(37)22(13-33)31-24(36)19(28)11-16-12-29-20-5-3-2-4-18(16)20/h2-9,12,14,19,21-23,29,33-35H,10-11,13,28H2,1H3,(H,30,38)(H,31,36)(H,32,37)(H,39,40). The summed E-state index contributed by atoms with van der Waals surface area (Å²) in [5.74, 6) is -4.07. The number of para-hydroxylation sites is 1. The zero-order valence-corrected chi connectivity index (χ0v) is 21.7. The Morgan fingerprint density at radius 2 is 1.55 bits per heavy atom. The van der Waals surface area contributed by atoms with Crippen molar-refractivity contribution in [3.8, 4) is 5.75 Å². The predicted octanol–water partition coefficient (Wildman–Crippen LogP) is -1.10. The quantitative estimate of drug-likeness (QED) is 0.124. The van der Waals surface area contributed by atoms with Crippen molar-refractivity contribution in [3.63, 3.8) is 0 Å². The number of H-pyrrole nitrogens is 1. The van der Waals surface area contributed by atoms with Gasteiger partial charge in [-0.3, -0.25) is 14.4 Å². The Labute approximate surface area is 229 Å². The highest BCUT2D eigenvalue weighted by molar-refractivity contribution is 5.94. The number of hydrogen-bond donors (Lipinski definition) is 9. The van der Waals surface area contributed by atoms with Gasteiger partial charge < -0.3 is 47.1 Å². The van der Waals surface area contributed by atoms with Gasteiger partial charge in [0.25, 0.3) is 0 Å². The molecule has 1 heterocycles. The van der Waals surface area contributed by atoms with E-state index in [9.17, 15) is 39.6 Å². The Kier molecular flexibility index (Phi) is 10.2. The number of fused-ring (bicyclic) bond motifs is 1. The van der Waals surface area contributed by atoms with Crippen molar-refractivity contribution in [2.24, 2.45) is 5.73 Å². The first-order valence-electron chi connectivity index (χ1n) is 12.5. The minimum atomic E-state index is -1.60. The molecule has 0 aliphatic rings. The highest BCUT2D eigenvalue weighted by atomic mass is 16.4. The first-order chi connectivity index (χ1) is 19.0. The fourth-order valence-corrected chi connectivity index (χ4v) is 4.09. The molecule has 0 fully saturated rings. The molecule has 5 unspecified atom stereocenters. The van der Waals surface area contributed by atoms with Crippen molar-refractivity contribution < 1.29 is 39.6 Å². The lowest BCUT2D eigenvalue weighted by molar-refractivity contribution is -0.143. The Hall–Kier alpha value is -4.46. The summed E-state index contributed by atoms with van der Waals surface area (Å²) in [4.78, 5) is 53.2. The summed E-state index contributed by atoms with van der Waals surface area (Å²) in [6.07, 6.45) is 0.287. The van der Waals surface area contributed by atoms with E-state index in [4.69, 9.17) is 5.73 Å². The number of aromatic hydroxyl groups is 1. The number of rotatable bonds is 13. The normalized spacial score (nSPS) is 14.9. The zero-order valence-electron chi connectivity index (χ0n) is 21.7. The van der Waals surface area contributed by atoms with Gasteiger partial charge in [-0.1, -0.05) is 30.3 Å². The van der Waals surface area contributed by atoms with Crippen LogP contribution in [-0.2, 0) is 32.0 Å². The number of hydrogen-bond acceptors (Lipinski definition) is 8. The molecule has 0 aliphatic carbocycles. The number of benzene rings is 2. The third-order valence-electron chi connectivity index (χ3n) is 6.32. The van der Waals surface area contributed by atoms with Crippen LogP contribution in [0.5, 0.6) is 5.75 Å². The van der Waals surface area contributed by atoms with Gasteiger partial charge in [-0.05, 0) is 42.7 Å². The predicted molar refractivity (Wildman–Crippen MR) is 144 cm³/mol. The third-order valence-corrected chi connectivity index (χ3v) is 6.32. The summed E-state index contributed by atoms with van der Waals surface area (Å²) in [6.45, 7) is 0.383. The maximum Gasteiger partial charge on any atom is 0.326 e. The van der Waals surface area contributed by atoms with Crippen LogP contribution in [0.4, 0.5) is 0 Å². The number of aliphatic hydroxyl groups is 2. The van der Waals surface area contributed by atoms with E-state index < -0.39 is 60.6 Å². The summed E-state index contributed by atoms with van der Waals surface area (Å²) >= 11 is 0. The van der Waals surface area contributed by atoms with Crippen LogP contribution in [0, 0.1) is 0 Å². The number of aromatic nitrogens is 1. The van der Waals surface area contributed by atoms with E-state index in [1.807, 2.05) is 24.3 Å². The van der Waals surface area contributed by atoms with Crippen LogP contribution in [0.1, 0.15) is 18.1 Å². The average molecular weight is 556 g/mol. The van der Waals surface area contributed by atoms with Crippen molar-refractivity contribution >= 4 is 34.6 Å². The number of carboxylic acid groups (broad SMARTS) is 1. The molecule has 1 aromatic heterocycles. The molecule has 0 saturated carbocycles. The highest BCUT2D eigenvalue weighted by Crippen LogP contribution is 2.19. The molecule has 3 amide bonds. The molecule has 3 aromatic rings. The highest BCUT2D eigenvalue weighted by Gasteiger charge is 2.32. The Balaban J connectivity index is 1.62. The van der Waals surface area contributed by atoms with Gasteiger partial charge in [-0.15, -0.1) is 0 Å². The number of aliphatic carboxylic acids is 1. The molecule has 10 N–H and O–H groups in total. The fraction of sp³-hybridized carbons (Fsp3) is 0.333. The molecule has 2 aromatic carbocycles. The molecule has 3 rings (SSSR count). The summed E-state index contributed by atoms with van der Waals surface area (Å²) in [7, 11) is 0. The van der Waals surface area contributed by atoms with Crippen LogP contribution in [-0.4, -0.2) is 86.0 Å². The van der Waals surface area contributed by atoms with Crippen molar-refractivity contribution in [1.82, 2.24) is 20.9 Å². The second-order valence-electron chi connectivity index (χ2n) is 9.41. The molecule has 5 atom stereocenters. The van der Waals surface area contributed by atoms with Crippen LogP contribution in [0.15, 0.2) is 54.7 Å². The van der Waals surface area contributed by atoms with E-state index in [1.165, 1.54) is 31.2 Å². The molecule has 13 nitrogen and oxygen atoms in total. The number of nitrogens with one attached hydrogen (secondary N) is 4. The van der Waals surface area contributed by atoms with Gasteiger partial charge in [0.05, 0.1) is 18.8 Å². The lowest BCUT2D eigenvalue weighted by atomic mass is 10.0. The van der Waals surface area contributed by atoms with Crippen LogP contribution >= 0.6 is 0 Å². The molecule has 214 valence electrons. The smallest absolute Gasteiger partial charge is 0.326 e. The van der Waals surface area contributed by atoms with Crippen molar-refractivity contribution in [2.45, 2.75) is 50.0 Å². The first kappa shape index (κ1) is 30.1. The van der Waals surface area contributed by atoms with E-state index in [2.05, 4.69) is 20.9 Å². The second-order valence-corrected chi connectivity index (χ2v) is 9.41. The van der Waals surface area contributed by atoms with Gasteiger partial charge in [0.2, 0.25) is 17.7 Å². The molecule has 40 heavy (non-hydrogen) atoms. The molecular weight excluding hydrogens is 522 g/mol. The monoisotopic (exact) mass is 555 g/mol. The largest absolute Gasteiger partial charge is 0.508 e. The minimum absolute atomic E-state index is 0.0130. The van der Waals surface area contributed by atoms with Gasteiger partial charge in [-0.25, -0.2) is 4.79 Å². The van der Waals surface area contributed by atoms with Crippen molar-refractivity contribution in [3.05, 3.63) is 65.9 Å². The van der Waals surface area contributed by atoms with E-state index in [1.54, 1.807) is 6.20 Å².